The summed E-state index contributed by atoms with van der Waals surface area (Å²) in [6.45, 7) is 7.30. The molecule has 32 heavy (non-hydrogen) atoms. The number of nitrogens with one attached hydrogen (secondary N) is 2. The summed E-state index contributed by atoms with van der Waals surface area (Å²) in [6, 6.07) is 16.7. The fourth-order valence-electron chi connectivity index (χ4n) is 3.06. The Morgan fingerprint density at radius 2 is 1.69 bits per heavy atom. The SMILES string of the molecule is Cc1ccc(O[C@@H](C)C(=O)Nc2ccc(S(=O)(=O)Nc3cccc(Cl)c3C)cc2)c(C)c1. The van der Waals surface area contributed by atoms with E-state index in [9.17, 15) is 13.2 Å². The van der Waals surface area contributed by atoms with Crippen LogP contribution in [0.1, 0.15) is 23.6 Å². The van der Waals surface area contributed by atoms with Crippen LogP contribution in [0.4, 0.5) is 11.4 Å². The van der Waals surface area contributed by atoms with Gasteiger partial charge < -0.3 is 10.1 Å². The number of sulfonamides is 1. The summed E-state index contributed by atoms with van der Waals surface area (Å²) in [5, 5.41) is 3.21. The van der Waals surface area contributed by atoms with Crippen molar-refractivity contribution < 1.29 is 17.9 Å². The third-order valence-corrected chi connectivity index (χ3v) is 6.74. The Hall–Kier alpha value is -3.03. The third kappa shape index (κ3) is 5.60. The minimum atomic E-state index is -3.81. The van der Waals surface area contributed by atoms with Gasteiger partial charge in [-0.15, -0.1) is 0 Å². The van der Waals surface area contributed by atoms with Crippen LogP contribution >= 0.6 is 11.6 Å². The zero-order valence-corrected chi connectivity index (χ0v) is 19.8. The minimum Gasteiger partial charge on any atom is -0.481 e. The molecule has 0 unspecified atom stereocenters. The Kier molecular flexibility index (Phi) is 7.11. The van der Waals surface area contributed by atoms with E-state index in [2.05, 4.69) is 10.0 Å². The molecule has 0 heterocycles. The monoisotopic (exact) mass is 472 g/mol. The molecule has 0 bridgehead atoms. The van der Waals surface area contributed by atoms with Gasteiger partial charge in [-0.2, -0.15) is 0 Å². The second-order valence-electron chi connectivity index (χ2n) is 7.56. The van der Waals surface area contributed by atoms with E-state index in [0.29, 0.717) is 27.7 Å². The zero-order valence-electron chi connectivity index (χ0n) is 18.3. The summed E-state index contributed by atoms with van der Waals surface area (Å²) in [4.78, 5) is 12.6. The molecule has 0 fully saturated rings. The molecule has 0 aliphatic carbocycles. The quantitative estimate of drug-likeness (QED) is 0.477. The van der Waals surface area contributed by atoms with Crippen molar-refractivity contribution in [1.82, 2.24) is 0 Å². The highest BCUT2D eigenvalue weighted by Gasteiger charge is 2.18. The number of aryl methyl sites for hydroxylation is 2. The van der Waals surface area contributed by atoms with E-state index in [0.717, 1.165) is 11.1 Å². The number of amides is 1. The van der Waals surface area contributed by atoms with E-state index < -0.39 is 16.1 Å². The van der Waals surface area contributed by atoms with E-state index >= 15 is 0 Å². The predicted molar refractivity (Wildman–Crippen MR) is 128 cm³/mol. The van der Waals surface area contributed by atoms with Crippen LogP contribution in [0.15, 0.2) is 65.6 Å². The van der Waals surface area contributed by atoms with Crippen LogP contribution in [-0.2, 0) is 14.8 Å². The third-order valence-electron chi connectivity index (χ3n) is 4.95. The smallest absolute Gasteiger partial charge is 0.265 e. The van der Waals surface area contributed by atoms with E-state index in [1.54, 1.807) is 32.0 Å². The van der Waals surface area contributed by atoms with E-state index in [4.69, 9.17) is 16.3 Å². The molecular formula is C24H25ClN2O4S. The van der Waals surface area contributed by atoms with Crippen molar-refractivity contribution in [3.8, 4) is 5.75 Å². The van der Waals surface area contributed by atoms with Gasteiger partial charge in [-0.1, -0.05) is 35.4 Å². The van der Waals surface area contributed by atoms with Crippen LogP contribution in [0.2, 0.25) is 5.02 Å². The van der Waals surface area contributed by atoms with Gasteiger partial charge in [-0.25, -0.2) is 8.42 Å². The number of anilines is 2. The first-order chi connectivity index (χ1) is 15.1. The van der Waals surface area contributed by atoms with Crippen molar-refractivity contribution in [3.63, 3.8) is 0 Å². The first-order valence-corrected chi connectivity index (χ1v) is 11.9. The Bertz CT molecular complexity index is 1240. The van der Waals surface area contributed by atoms with Gasteiger partial charge in [0.1, 0.15) is 5.75 Å². The molecule has 0 saturated carbocycles. The Balaban J connectivity index is 1.67. The highest BCUT2D eigenvalue weighted by atomic mass is 35.5. The normalized spacial score (nSPS) is 12.2. The second kappa shape index (κ2) is 9.63. The first-order valence-electron chi connectivity index (χ1n) is 9.99. The highest BCUT2D eigenvalue weighted by molar-refractivity contribution is 7.92. The first kappa shape index (κ1) is 23.6. The van der Waals surface area contributed by atoms with Crippen molar-refractivity contribution >= 4 is 38.9 Å². The molecule has 0 spiro atoms. The van der Waals surface area contributed by atoms with E-state index in [1.807, 2.05) is 32.0 Å². The van der Waals surface area contributed by atoms with Crippen LogP contribution in [0.5, 0.6) is 5.75 Å². The fraction of sp³-hybridized carbons (Fsp3) is 0.208. The largest absolute Gasteiger partial charge is 0.481 e. The summed E-state index contributed by atoms with van der Waals surface area (Å²) in [6.07, 6.45) is -0.729. The molecule has 3 aromatic carbocycles. The molecular weight excluding hydrogens is 448 g/mol. The molecule has 1 atom stereocenters. The van der Waals surface area contributed by atoms with Gasteiger partial charge >= 0.3 is 0 Å². The number of halogens is 1. The summed E-state index contributed by atoms with van der Waals surface area (Å²) < 4.78 is 33.7. The number of rotatable bonds is 7. The highest BCUT2D eigenvalue weighted by Crippen LogP contribution is 2.26. The van der Waals surface area contributed by atoms with Gasteiger partial charge in [0, 0.05) is 10.7 Å². The lowest BCUT2D eigenvalue weighted by molar-refractivity contribution is -0.122. The molecule has 8 heteroatoms. The number of carbonyl (C=O) groups is 1. The lowest BCUT2D eigenvalue weighted by atomic mass is 10.1. The van der Waals surface area contributed by atoms with Crippen LogP contribution in [0.3, 0.4) is 0 Å². The van der Waals surface area contributed by atoms with Gasteiger partial charge in [0.25, 0.3) is 15.9 Å². The molecule has 0 saturated heterocycles. The Morgan fingerprint density at radius 3 is 2.34 bits per heavy atom. The Morgan fingerprint density at radius 1 is 1.00 bits per heavy atom. The summed E-state index contributed by atoms with van der Waals surface area (Å²) in [7, 11) is -3.81. The number of carbonyl (C=O) groups excluding carboxylic acids is 1. The lowest BCUT2D eigenvalue weighted by Gasteiger charge is -2.17. The predicted octanol–water partition coefficient (Wildman–Crippen LogP) is 5.47. The second-order valence-corrected chi connectivity index (χ2v) is 9.65. The molecule has 1 amide bonds. The number of benzene rings is 3. The maximum atomic E-state index is 12.7. The van der Waals surface area contributed by atoms with Crippen molar-refractivity contribution in [1.29, 1.82) is 0 Å². The van der Waals surface area contributed by atoms with Crippen LogP contribution in [0, 0.1) is 20.8 Å². The van der Waals surface area contributed by atoms with Gasteiger partial charge in [-0.05, 0) is 81.3 Å². The lowest BCUT2D eigenvalue weighted by Crippen LogP contribution is -2.30. The molecule has 0 radical (unpaired) electrons. The van der Waals surface area contributed by atoms with Crippen molar-refractivity contribution in [3.05, 3.63) is 82.4 Å². The van der Waals surface area contributed by atoms with Crippen molar-refractivity contribution in [2.45, 2.75) is 38.7 Å². The average Bonchev–Trinajstić information content (AvgIpc) is 2.73. The van der Waals surface area contributed by atoms with Crippen LogP contribution in [-0.4, -0.2) is 20.4 Å². The number of hydrogen-bond acceptors (Lipinski definition) is 4. The maximum Gasteiger partial charge on any atom is 0.265 e. The zero-order chi connectivity index (χ0) is 23.5. The van der Waals surface area contributed by atoms with Crippen LogP contribution < -0.4 is 14.8 Å². The average molecular weight is 473 g/mol. The Labute approximate surface area is 193 Å². The molecule has 2 N–H and O–H groups in total. The molecule has 0 aliphatic heterocycles. The van der Waals surface area contributed by atoms with Gasteiger partial charge in [-0.3, -0.25) is 9.52 Å². The van der Waals surface area contributed by atoms with Crippen LogP contribution in [0.25, 0.3) is 0 Å². The summed E-state index contributed by atoms with van der Waals surface area (Å²) >= 11 is 6.06. The minimum absolute atomic E-state index is 0.0643. The fourth-order valence-corrected chi connectivity index (χ4v) is 4.36. The van der Waals surface area contributed by atoms with Crippen molar-refractivity contribution in [2.24, 2.45) is 0 Å². The number of hydrogen-bond donors (Lipinski definition) is 2. The summed E-state index contributed by atoms with van der Waals surface area (Å²) in [5.74, 6) is 0.301. The van der Waals surface area contributed by atoms with Crippen molar-refractivity contribution in [2.75, 3.05) is 10.0 Å². The molecule has 3 rings (SSSR count). The number of ether oxygens (including phenoxy) is 1. The molecule has 6 nitrogen and oxygen atoms in total. The van der Waals surface area contributed by atoms with E-state index in [-0.39, 0.29) is 10.8 Å². The standard InChI is InChI=1S/C24H25ClN2O4S/c1-15-8-13-23(16(2)14-15)31-18(4)24(28)26-19-9-11-20(12-10-19)32(29,30)27-22-7-5-6-21(25)17(22)3/h5-14,18,27H,1-4H3,(H,26,28)/t18-/m0/s1. The van der Waals surface area contributed by atoms with Gasteiger partial charge in [0.15, 0.2) is 6.10 Å². The van der Waals surface area contributed by atoms with Gasteiger partial charge in [0.2, 0.25) is 0 Å². The molecule has 0 aliphatic rings. The molecule has 168 valence electrons. The molecule has 0 aromatic heterocycles. The maximum absolute atomic E-state index is 12.7. The van der Waals surface area contributed by atoms with E-state index in [1.165, 1.54) is 24.3 Å². The van der Waals surface area contributed by atoms with Gasteiger partial charge in [0.05, 0.1) is 10.6 Å². The topological polar surface area (TPSA) is 84.5 Å². The molecule has 3 aromatic rings. The summed E-state index contributed by atoms with van der Waals surface area (Å²) in [5.41, 5.74) is 3.57.